The molecule has 0 spiro atoms. The molecule has 0 unspecified atom stereocenters. The quantitative estimate of drug-likeness (QED) is 0.680. The van der Waals surface area contributed by atoms with Crippen LogP contribution in [-0.2, 0) is 11.2 Å². The van der Waals surface area contributed by atoms with Crippen LogP contribution in [-0.4, -0.2) is 20.0 Å². The molecule has 1 aromatic carbocycles. The third kappa shape index (κ3) is 3.48. The van der Waals surface area contributed by atoms with Crippen LogP contribution in [0.1, 0.15) is 24.8 Å². The van der Waals surface area contributed by atoms with Crippen molar-refractivity contribution in [3.8, 4) is 11.5 Å². The molecule has 1 aliphatic rings. The number of rotatable bonds is 7. The highest BCUT2D eigenvalue weighted by Crippen LogP contribution is 2.33. The lowest BCUT2D eigenvalue weighted by molar-refractivity contribution is -0.107. The molecule has 1 fully saturated rings. The largest absolute Gasteiger partial charge is 0.493 e. The Bertz CT molecular complexity index is 383. The first kappa shape index (κ1) is 12.0. The molecule has 17 heavy (non-hydrogen) atoms. The molecular weight excluding hydrogens is 216 g/mol. The Morgan fingerprint density at radius 1 is 1.35 bits per heavy atom. The van der Waals surface area contributed by atoms with Gasteiger partial charge >= 0.3 is 0 Å². The monoisotopic (exact) mass is 234 g/mol. The van der Waals surface area contributed by atoms with Gasteiger partial charge in [-0.1, -0.05) is 6.07 Å². The van der Waals surface area contributed by atoms with Gasteiger partial charge in [-0.05, 0) is 42.9 Å². The molecule has 1 saturated carbocycles. The number of aldehydes is 1. The molecule has 0 N–H and O–H groups in total. The van der Waals surface area contributed by atoms with Crippen molar-refractivity contribution in [1.82, 2.24) is 0 Å². The maximum Gasteiger partial charge on any atom is 0.161 e. The van der Waals surface area contributed by atoms with E-state index in [1.807, 2.05) is 18.2 Å². The van der Waals surface area contributed by atoms with Crippen molar-refractivity contribution in [2.45, 2.75) is 25.7 Å². The lowest BCUT2D eigenvalue weighted by Crippen LogP contribution is -2.01. The lowest BCUT2D eigenvalue weighted by atomic mass is 10.1. The molecule has 0 bridgehead atoms. The van der Waals surface area contributed by atoms with E-state index in [0.29, 0.717) is 6.42 Å². The second kappa shape index (κ2) is 5.71. The topological polar surface area (TPSA) is 35.5 Å². The van der Waals surface area contributed by atoms with E-state index in [0.717, 1.165) is 42.3 Å². The average molecular weight is 234 g/mol. The molecule has 2 rings (SSSR count). The van der Waals surface area contributed by atoms with Gasteiger partial charge in [-0.2, -0.15) is 0 Å². The summed E-state index contributed by atoms with van der Waals surface area (Å²) in [5.74, 6) is 2.29. The van der Waals surface area contributed by atoms with Gasteiger partial charge < -0.3 is 14.3 Å². The van der Waals surface area contributed by atoms with Crippen LogP contribution < -0.4 is 9.47 Å². The summed E-state index contributed by atoms with van der Waals surface area (Å²) >= 11 is 0. The third-order valence-electron chi connectivity index (χ3n) is 2.95. The molecule has 3 nitrogen and oxygen atoms in total. The minimum Gasteiger partial charge on any atom is -0.493 e. The molecule has 0 aliphatic heterocycles. The fourth-order valence-electron chi connectivity index (χ4n) is 1.70. The standard InChI is InChI=1S/C14H18O3/c1-16-14-9-11(3-2-8-15)6-7-13(14)17-10-12-4-5-12/h6-9,12H,2-5,10H2,1H3. The zero-order chi connectivity index (χ0) is 12.1. The smallest absolute Gasteiger partial charge is 0.161 e. The van der Waals surface area contributed by atoms with E-state index < -0.39 is 0 Å². The van der Waals surface area contributed by atoms with Gasteiger partial charge in [0.2, 0.25) is 0 Å². The van der Waals surface area contributed by atoms with Crippen molar-refractivity contribution in [2.75, 3.05) is 13.7 Å². The molecule has 0 heterocycles. The number of ether oxygens (including phenoxy) is 2. The summed E-state index contributed by atoms with van der Waals surface area (Å²) in [5.41, 5.74) is 1.10. The molecule has 3 heteroatoms. The van der Waals surface area contributed by atoms with Crippen LogP contribution in [0.3, 0.4) is 0 Å². The first-order chi connectivity index (χ1) is 8.33. The summed E-state index contributed by atoms with van der Waals surface area (Å²) in [5, 5.41) is 0. The van der Waals surface area contributed by atoms with Crippen LogP contribution in [0, 0.1) is 5.92 Å². The van der Waals surface area contributed by atoms with Crippen molar-refractivity contribution in [1.29, 1.82) is 0 Å². The fraction of sp³-hybridized carbons (Fsp3) is 0.500. The predicted octanol–water partition coefficient (Wildman–Crippen LogP) is 2.62. The van der Waals surface area contributed by atoms with Crippen LogP contribution in [0.25, 0.3) is 0 Å². The average Bonchev–Trinajstić information content (AvgIpc) is 3.18. The Balaban J connectivity index is 2.01. The van der Waals surface area contributed by atoms with E-state index in [4.69, 9.17) is 9.47 Å². The molecule has 92 valence electrons. The molecule has 0 amide bonds. The van der Waals surface area contributed by atoms with Gasteiger partial charge in [0.05, 0.1) is 13.7 Å². The van der Waals surface area contributed by atoms with Crippen LogP contribution in [0.5, 0.6) is 11.5 Å². The van der Waals surface area contributed by atoms with Gasteiger partial charge in [-0.3, -0.25) is 0 Å². The maximum atomic E-state index is 10.3. The molecule has 0 radical (unpaired) electrons. The van der Waals surface area contributed by atoms with Crippen molar-refractivity contribution >= 4 is 6.29 Å². The summed E-state index contributed by atoms with van der Waals surface area (Å²) in [6.07, 6.45) is 4.79. The SMILES string of the molecule is COc1cc(CCC=O)ccc1OCC1CC1. The van der Waals surface area contributed by atoms with Crippen molar-refractivity contribution in [2.24, 2.45) is 5.92 Å². The second-order valence-corrected chi connectivity index (χ2v) is 4.44. The molecule has 0 saturated heterocycles. The molecule has 1 aliphatic carbocycles. The zero-order valence-electron chi connectivity index (χ0n) is 10.1. The number of methoxy groups -OCH3 is 1. The lowest BCUT2D eigenvalue weighted by Gasteiger charge is -2.11. The van der Waals surface area contributed by atoms with Crippen molar-refractivity contribution in [3.05, 3.63) is 23.8 Å². The Morgan fingerprint density at radius 3 is 2.82 bits per heavy atom. The first-order valence-electron chi connectivity index (χ1n) is 6.07. The number of hydrogen-bond donors (Lipinski definition) is 0. The van der Waals surface area contributed by atoms with Gasteiger partial charge in [-0.25, -0.2) is 0 Å². The van der Waals surface area contributed by atoms with Gasteiger partial charge in [0.1, 0.15) is 6.29 Å². The van der Waals surface area contributed by atoms with Crippen LogP contribution in [0.4, 0.5) is 0 Å². The highest BCUT2D eigenvalue weighted by molar-refractivity contribution is 5.51. The minimum absolute atomic E-state index is 0.547. The summed E-state index contributed by atoms with van der Waals surface area (Å²) in [4.78, 5) is 10.3. The second-order valence-electron chi connectivity index (χ2n) is 4.44. The summed E-state index contributed by atoms with van der Waals surface area (Å²) < 4.78 is 11.0. The fourth-order valence-corrected chi connectivity index (χ4v) is 1.70. The van der Waals surface area contributed by atoms with Crippen molar-refractivity contribution in [3.63, 3.8) is 0 Å². The summed E-state index contributed by atoms with van der Waals surface area (Å²) in [6, 6.07) is 5.88. The van der Waals surface area contributed by atoms with Crippen molar-refractivity contribution < 1.29 is 14.3 Å². The van der Waals surface area contributed by atoms with E-state index in [1.165, 1.54) is 12.8 Å². The van der Waals surface area contributed by atoms with Gasteiger partial charge in [-0.15, -0.1) is 0 Å². The number of benzene rings is 1. The van der Waals surface area contributed by atoms with Gasteiger partial charge in [0, 0.05) is 6.42 Å². The molecule has 0 atom stereocenters. The highest BCUT2D eigenvalue weighted by atomic mass is 16.5. The highest BCUT2D eigenvalue weighted by Gasteiger charge is 2.22. The predicted molar refractivity (Wildman–Crippen MR) is 65.6 cm³/mol. The van der Waals surface area contributed by atoms with E-state index in [1.54, 1.807) is 7.11 Å². The Kier molecular flexibility index (Phi) is 4.02. The Morgan fingerprint density at radius 2 is 2.18 bits per heavy atom. The van der Waals surface area contributed by atoms with E-state index >= 15 is 0 Å². The van der Waals surface area contributed by atoms with E-state index in [9.17, 15) is 4.79 Å². The Hall–Kier alpha value is -1.51. The molecule has 0 aromatic heterocycles. The molecule has 1 aromatic rings. The number of carbonyl (C=O) groups excluding carboxylic acids is 1. The summed E-state index contributed by atoms with van der Waals surface area (Å²) in [7, 11) is 1.64. The van der Waals surface area contributed by atoms with E-state index in [2.05, 4.69) is 0 Å². The Labute approximate surface area is 102 Å². The first-order valence-corrected chi connectivity index (χ1v) is 6.07. The number of carbonyl (C=O) groups is 1. The normalized spacial score (nSPS) is 14.4. The minimum atomic E-state index is 0.547. The molecular formula is C14H18O3. The third-order valence-corrected chi connectivity index (χ3v) is 2.95. The number of hydrogen-bond acceptors (Lipinski definition) is 3. The van der Waals surface area contributed by atoms with E-state index in [-0.39, 0.29) is 0 Å². The maximum absolute atomic E-state index is 10.3. The number of aryl methyl sites for hydroxylation is 1. The zero-order valence-corrected chi connectivity index (χ0v) is 10.1. The van der Waals surface area contributed by atoms with Gasteiger partial charge in [0.25, 0.3) is 0 Å². The summed E-state index contributed by atoms with van der Waals surface area (Å²) in [6.45, 7) is 0.782. The van der Waals surface area contributed by atoms with Crippen LogP contribution >= 0.6 is 0 Å². The van der Waals surface area contributed by atoms with Gasteiger partial charge in [0.15, 0.2) is 11.5 Å². The van der Waals surface area contributed by atoms with Crippen LogP contribution in [0.2, 0.25) is 0 Å². The van der Waals surface area contributed by atoms with Crippen LogP contribution in [0.15, 0.2) is 18.2 Å².